The first-order chi connectivity index (χ1) is 15.8. The topological polar surface area (TPSA) is 88.3 Å². The zero-order valence-corrected chi connectivity index (χ0v) is 17.5. The number of carbonyl (C=O) groups is 1. The lowest BCUT2D eigenvalue weighted by Gasteiger charge is -2.34. The number of piperazine rings is 1. The highest BCUT2D eigenvalue weighted by atomic mass is 16.5. The van der Waals surface area contributed by atoms with Crippen LogP contribution in [0.1, 0.15) is 16.1 Å². The van der Waals surface area contributed by atoms with E-state index in [0.29, 0.717) is 30.5 Å². The number of amides is 1. The predicted molar refractivity (Wildman–Crippen MR) is 118 cm³/mol. The molecule has 32 heavy (non-hydrogen) atoms. The zero-order valence-electron chi connectivity index (χ0n) is 17.5. The summed E-state index contributed by atoms with van der Waals surface area (Å²) < 4.78 is 5.45. The molecule has 0 radical (unpaired) electrons. The molecule has 0 spiro atoms. The average Bonchev–Trinajstić information content (AvgIpc) is 3.36. The maximum absolute atomic E-state index is 12.6. The van der Waals surface area contributed by atoms with Crippen molar-refractivity contribution in [2.45, 2.75) is 6.54 Å². The number of benzene rings is 2. The number of aromatic nitrogens is 4. The SMILES string of the molecule is O=C(c1cnccn1)N1CCN(Cc2cccc(-c3noc(-c4ccccc4)n3)c2)CC1. The molecule has 1 aliphatic heterocycles. The molecule has 8 nitrogen and oxygen atoms in total. The Bertz CT molecular complexity index is 1190. The van der Waals surface area contributed by atoms with Crippen LogP contribution < -0.4 is 0 Å². The largest absolute Gasteiger partial charge is 0.335 e. The molecule has 0 saturated carbocycles. The van der Waals surface area contributed by atoms with E-state index >= 15 is 0 Å². The summed E-state index contributed by atoms with van der Waals surface area (Å²) in [5.41, 5.74) is 3.38. The molecule has 0 unspecified atom stereocenters. The normalized spacial score (nSPS) is 14.4. The van der Waals surface area contributed by atoms with E-state index in [1.54, 1.807) is 12.4 Å². The van der Waals surface area contributed by atoms with Gasteiger partial charge in [-0.3, -0.25) is 14.7 Å². The maximum Gasteiger partial charge on any atom is 0.274 e. The minimum absolute atomic E-state index is 0.0638. The van der Waals surface area contributed by atoms with Gasteiger partial charge in [-0.15, -0.1) is 0 Å². The fraction of sp³-hybridized carbons (Fsp3) is 0.208. The van der Waals surface area contributed by atoms with Gasteiger partial charge in [0.2, 0.25) is 5.82 Å². The predicted octanol–water partition coefficient (Wildman–Crippen LogP) is 3.15. The van der Waals surface area contributed by atoms with Crippen molar-refractivity contribution >= 4 is 5.91 Å². The van der Waals surface area contributed by atoms with Crippen LogP contribution in [0, 0.1) is 0 Å². The van der Waals surface area contributed by atoms with E-state index in [1.165, 1.54) is 11.8 Å². The van der Waals surface area contributed by atoms with Crippen LogP contribution in [0.3, 0.4) is 0 Å². The third-order valence-corrected chi connectivity index (χ3v) is 5.48. The fourth-order valence-corrected chi connectivity index (χ4v) is 3.79. The second-order valence-electron chi connectivity index (χ2n) is 7.65. The van der Waals surface area contributed by atoms with Crippen molar-refractivity contribution in [2.75, 3.05) is 26.2 Å². The second-order valence-corrected chi connectivity index (χ2v) is 7.65. The summed E-state index contributed by atoms with van der Waals surface area (Å²) in [5.74, 6) is 1.02. The van der Waals surface area contributed by atoms with Crippen molar-refractivity contribution in [3.8, 4) is 22.8 Å². The van der Waals surface area contributed by atoms with Crippen LogP contribution in [0.2, 0.25) is 0 Å². The summed E-state index contributed by atoms with van der Waals surface area (Å²) in [6.45, 7) is 3.73. The van der Waals surface area contributed by atoms with E-state index in [4.69, 9.17) is 4.52 Å². The van der Waals surface area contributed by atoms with Gasteiger partial charge in [-0.1, -0.05) is 41.6 Å². The Labute approximate surface area is 185 Å². The Hall–Kier alpha value is -3.91. The molecule has 160 valence electrons. The number of carbonyl (C=O) groups excluding carboxylic acids is 1. The van der Waals surface area contributed by atoms with Crippen molar-refractivity contribution in [2.24, 2.45) is 0 Å². The van der Waals surface area contributed by atoms with Crippen molar-refractivity contribution in [1.29, 1.82) is 0 Å². The van der Waals surface area contributed by atoms with Gasteiger partial charge in [-0.05, 0) is 23.8 Å². The molecule has 2 aromatic carbocycles. The number of nitrogens with zero attached hydrogens (tertiary/aromatic N) is 6. The van der Waals surface area contributed by atoms with Crippen LogP contribution in [0.4, 0.5) is 0 Å². The smallest absolute Gasteiger partial charge is 0.274 e. The van der Waals surface area contributed by atoms with Gasteiger partial charge in [0.05, 0.1) is 6.20 Å². The summed E-state index contributed by atoms with van der Waals surface area (Å²) >= 11 is 0. The summed E-state index contributed by atoms with van der Waals surface area (Å²) in [6.07, 6.45) is 4.63. The minimum atomic E-state index is -0.0638. The first-order valence-corrected chi connectivity index (χ1v) is 10.5. The van der Waals surface area contributed by atoms with E-state index in [9.17, 15) is 4.79 Å². The average molecular weight is 426 g/mol. The Kier molecular flexibility index (Phi) is 5.67. The van der Waals surface area contributed by atoms with E-state index in [2.05, 4.69) is 37.1 Å². The van der Waals surface area contributed by atoms with Gasteiger partial charge >= 0.3 is 0 Å². The summed E-state index contributed by atoms with van der Waals surface area (Å²) in [5, 5.41) is 4.15. The molecule has 1 aliphatic rings. The van der Waals surface area contributed by atoms with Crippen molar-refractivity contribution in [3.63, 3.8) is 0 Å². The van der Waals surface area contributed by atoms with Crippen LogP contribution in [0.15, 0.2) is 77.7 Å². The molecular weight excluding hydrogens is 404 g/mol. The molecule has 0 N–H and O–H groups in total. The third-order valence-electron chi connectivity index (χ3n) is 5.48. The number of hydrogen-bond acceptors (Lipinski definition) is 7. The van der Waals surface area contributed by atoms with Crippen molar-refractivity contribution in [3.05, 3.63) is 84.4 Å². The van der Waals surface area contributed by atoms with Gasteiger partial charge in [0.25, 0.3) is 11.8 Å². The molecular formula is C24H22N6O2. The first-order valence-electron chi connectivity index (χ1n) is 10.5. The molecule has 8 heteroatoms. The zero-order chi connectivity index (χ0) is 21.8. The summed E-state index contributed by atoms with van der Waals surface area (Å²) in [6, 6.07) is 17.9. The van der Waals surface area contributed by atoms with Gasteiger partial charge in [-0.25, -0.2) is 4.98 Å². The van der Waals surface area contributed by atoms with Crippen LogP contribution in [0.5, 0.6) is 0 Å². The Morgan fingerprint density at radius 3 is 2.53 bits per heavy atom. The van der Waals surface area contributed by atoms with Gasteiger partial charge in [0.15, 0.2) is 0 Å². The molecule has 5 rings (SSSR count). The van der Waals surface area contributed by atoms with Gasteiger partial charge in [-0.2, -0.15) is 4.98 Å². The monoisotopic (exact) mass is 426 g/mol. The highest BCUT2D eigenvalue weighted by Gasteiger charge is 2.23. The highest BCUT2D eigenvalue weighted by Crippen LogP contribution is 2.23. The molecule has 0 atom stereocenters. The van der Waals surface area contributed by atoms with Crippen LogP contribution in [-0.2, 0) is 6.54 Å². The summed E-state index contributed by atoms with van der Waals surface area (Å²) in [7, 11) is 0. The van der Waals surface area contributed by atoms with Gasteiger partial charge in [0, 0.05) is 56.2 Å². The quantitative estimate of drug-likeness (QED) is 0.484. The lowest BCUT2D eigenvalue weighted by atomic mass is 10.1. The Morgan fingerprint density at radius 1 is 0.938 bits per heavy atom. The number of hydrogen-bond donors (Lipinski definition) is 0. The molecule has 4 aromatic rings. The molecule has 0 bridgehead atoms. The number of rotatable bonds is 5. The van der Waals surface area contributed by atoms with Gasteiger partial charge in [0.1, 0.15) is 5.69 Å². The van der Waals surface area contributed by atoms with Crippen LogP contribution >= 0.6 is 0 Å². The molecule has 2 aromatic heterocycles. The third kappa shape index (κ3) is 4.40. The molecule has 0 aliphatic carbocycles. The highest BCUT2D eigenvalue weighted by molar-refractivity contribution is 5.92. The first kappa shape index (κ1) is 20.0. The lowest BCUT2D eigenvalue weighted by molar-refractivity contribution is 0.0622. The standard InChI is InChI=1S/C24H22N6O2/c31-24(21-16-25-9-10-26-21)30-13-11-29(12-14-30)17-18-5-4-8-20(15-18)22-27-23(32-28-22)19-6-2-1-3-7-19/h1-10,15-16H,11-14,17H2. The minimum Gasteiger partial charge on any atom is -0.335 e. The van der Waals surface area contributed by atoms with E-state index in [0.717, 1.165) is 30.8 Å². The van der Waals surface area contributed by atoms with Gasteiger partial charge < -0.3 is 9.42 Å². The molecule has 1 fully saturated rings. The lowest BCUT2D eigenvalue weighted by Crippen LogP contribution is -2.48. The molecule has 1 amide bonds. The van der Waals surface area contributed by atoms with E-state index in [-0.39, 0.29) is 5.91 Å². The van der Waals surface area contributed by atoms with Crippen molar-refractivity contribution < 1.29 is 9.32 Å². The van der Waals surface area contributed by atoms with Crippen molar-refractivity contribution in [1.82, 2.24) is 29.9 Å². The maximum atomic E-state index is 12.6. The second kappa shape index (κ2) is 9.07. The Balaban J connectivity index is 1.22. The van der Waals surface area contributed by atoms with E-state index in [1.807, 2.05) is 47.4 Å². The summed E-state index contributed by atoms with van der Waals surface area (Å²) in [4.78, 5) is 29.4. The Morgan fingerprint density at radius 2 is 1.75 bits per heavy atom. The fourth-order valence-electron chi connectivity index (χ4n) is 3.79. The molecule has 3 heterocycles. The van der Waals surface area contributed by atoms with Crippen LogP contribution in [0.25, 0.3) is 22.8 Å². The molecule has 1 saturated heterocycles. The van der Waals surface area contributed by atoms with Crippen LogP contribution in [-0.4, -0.2) is 62.0 Å². The van der Waals surface area contributed by atoms with E-state index < -0.39 is 0 Å².